The zero-order valence-electron chi connectivity index (χ0n) is 13.4. The molecule has 0 saturated heterocycles. The summed E-state index contributed by atoms with van der Waals surface area (Å²) < 4.78 is 5.07. The van der Waals surface area contributed by atoms with E-state index in [4.69, 9.17) is 9.84 Å². The van der Waals surface area contributed by atoms with Crippen LogP contribution in [0.1, 0.15) is 34.8 Å². The first-order valence-corrected chi connectivity index (χ1v) is 7.62. The van der Waals surface area contributed by atoms with E-state index in [2.05, 4.69) is 10.2 Å². The summed E-state index contributed by atoms with van der Waals surface area (Å²) in [5, 5.41) is 26.4. The Bertz CT molecular complexity index is 901. The summed E-state index contributed by atoms with van der Waals surface area (Å²) in [6.45, 7) is 2.04. The molecule has 0 amide bonds. The van der Waals surface area contributed by atoms with Crippen LogP contribution in [0.5, 0.6) is 0 Å². The third-order valence-corrected chi connectivity index (χ3v) is 4.04. The standard InChI is InChI=1S/C17H14N2O3.CH4O/c1-2-22-17(21)15-13-12-10-6-4-3-5-9(10)7-8-11(12)16(20)14(13)18-19-15;1-2/h3-8,16,20H,2H2,1H3,(H,18,19);2H,1H3/t16-;/m1./s1. The van der Waals surface area contributed by atoms with Gasteiger partial charge in [0.1, 0.15) is 6.10 Å². The topological polar surface area (TPSA) is 95.4 Å². The Morgan fingerprint density at radius 1 is 1.21 bits per heavy atom. The van der Waals surface area contributed by atoms with Crippen molar-refractivity contribution >= 4 is 16.7 Å². The number of aromatic nitrogens is 2. The van der Waals surface area contributed by atoms with E-state index in [0.717, 1.165) is 29.0 Å². The van der Waals surface area contributed by atoms with Gasteiger partial charge in [-0.15, -0.1) is 0 Å². The van der Waals surface area contributed by atoms with Crippen LogP contribution in [-0.4, -0.2) is 40.1 Å². The van der Waals surface area contributed by atoms with Gasteiger partial charge in [-0.25, -0.2) is 4.79 Å². The number of ether oxygens (including phenoxy) is 1. The molecule has 2 aromatic carbocycles. The van der Waals surface area contributed by atoms with Crippen LogP contribution in [0.4, 0.5) is 0 Å². The highest BCUT2D eigenvalue weighted by atomic mass is 16.5. The van der Waals surface area contributed by atoms with Gasteiger partial charge in [-0.3, -0.25) is 5.10 Å². The SMILES string of the molecule is CCOC(=O)c1n[nH]c2c1-c1c(ccc3ccccc13)[C@H]2O.CO. The predicted octanol–water partition coefficient (Wildman–Crippen LogP) is 2.41. The fourth-order valence-electron chi connectivity index (χ4n) is 3.10. The number of esters is 1. The van der Waals surface area contributed by atoms with E-state index in [1.165, 1.54) is 0 Å². The van der Waals surface area contributed by atoms with Gasteiger partial charge in [-0.2, -0.15) is 5.10 Å². The van der Waals surface area contributed by atoms with Crippen molar-refractivity contribution in [3.05, 3.63) is 53.3 Å². The number of H-pyrrole nitrogens is 1. The summed E-state index contributed by atoms with van der Waals surface area (Å²) in [4.78, 5) is 12.1. The van der Waals surface area contributed by atoms with Crippen molar-refractivity contribution in [3.63, 3.8) is 0 Å². The largest absolute Gasteiger partial charge is 0.461 e. The molecule has 124 valence electrons. The number of hydrogen-bond donors (Lipinski definition) is 3. The van der Waals surface area contributed by atoms with E-state index in [-0.39, 0.29) is 12.3 Å². The molecule has 4 rings (SSSR count). The molecular formula is C18H18N2O4. The molecule has 0 fully saturated rings. The summed E-state index contributed by atoms with van der Waals surface area (Å²) in [6.07, 6.45) is -0.801. The highest BCUT2D eigenvalue weighted by Crippen LogP contribution is 2.47. The van der Waals surface area contributed by atoms with Crippen molar-refractivity contribution in [1.82, 2.24) is 10.2 Å². The van der Waals surface area contributed by atoms with Crippen molar-refractivity contribution in [1.29, 1.82) is 0 Å². The second kappa shape index (κ2) is 6.43. The Hall–Kier alpha value is -2.70. The molecule has 1 aliphatic rings. The fraction of sp³-hybridized carbons (Fsp3) is 0.222. The summed E-state index contributed by atoms with van der Waals surface area (Å²) >= 11 is 0. The average molecular weight is 326 g/mol. The van der Waals surface area contributed by atoms with Gasteiger partial charge >= 0.3 is 5.97 Å². The Kier molecular flexibility index (Phi) is 4.33. The molecule has 1 aliphatic carbocycles. The lowest BCUT2D eigenvalue weighted by molar-refractivity contribution is 0.0520. The number of hydrogen-bond acceptors (Lipinski definition) is 5. The van der Waals surface area contributed by atoms with Gasteiger partial charge in [0.15, 0.2) is 5.69 Å². The van der Waals surface area contributed by atoms with Crippen molar-refractivity contribution in [3.8, 4) is 11.1 Å². The quantitative estimate of drug-likeness (QED) is 0.629. The van der Waals surface area contributed by atoms with Crippen LogP contribution in [-0.2, 0) is 4.74 Å². The fourth-order valence-corrected chi connectivity index (χ4v) is 3.10. The van der Waals surface area contributed by atoms with Crippen LogP contribution in [0, 0.1) is 0 Å². The summed E-state index contributed by atoms with van der Waals surface area (Å²) in [7, 11) is 1.00. The molecule has 3 aromatic rings. The smallest absolute Gasteiger partial charge is 0.359 e. The zero-order valence-corrected chi connectivity index (χ0v) is 13.4. The second-order valence-electron chi connectivity index (χ2n) is 5.23. The van der Waals surface area contributed by atoms with Crippen LogP contribution in [0.25, 0.3) is 21.9 Å². The van der Waals surface area contributed by atoms with Gasteiger partial charge in [-0.1, -0.05) is 36.4 Å². The Morgan fingerprint density at radius 2 is 1.96 bits per heavy atom. The van der Waals surface area contributed by atoms with Gasteiger partial charge in [0.05, 0.1) is 12.3 Å². The minimum absolute atomic E-state index is 0.228. The number of nitrogens with one attached hydrogen (secondary N) is 1. The number of carbonyl (C=O) groups is 1. The van der Waals surface area contributed by atoms with Gasteiger partial charge in [-0.05, 0) is 23.3 Å². The van der Waals surface area contributed by atoms with Gasteiger partial charge in [0.25, 0.3) is 0 Å². The van der Waals surface area contributed by atoms with Gasteiger partial charge < -0.3 is 14.9 Å². The number of aliphatic hydroxyl groups is 2. The van der Waals surface area contributed by atoms with E-state index < -0.39 is 12.1 Å². The first-order chi connectivity index (χ1) is 11.7. The number of benzene rings is 2. The molecule has 0 unspecified atom stereocenters. The van der Waals surface area contributed by atoms with Crippen molar-refractivity contribution < 1.29 is 19.7 Å². The Labute approximate surface area is 138 Å². The highest BCUT2D eigenvalue weighted by molar-refractivity contribution is 6.07. The number of aromatic amines is 1. The summed E-state index contributed by atoms with van der Waals surface area (Å²) in [5.74, 6) is -0.479. The second-order valence-corrected chi connectivity index (χ2v) is 5.23. The minimum atomic E-state index is -0.801. The van der Waals surface area contributed by atoms with Gasteiger partial charge in [0, 0.05) is 18.2 Å². The molecule has 0 bridgehead atoms. The molecule has 1 atom stereocenters. The van der Waals surface area contributed by atoms with Crippen molar-refractivity contribution in [2.24, 2.45) is 0 Å². The molecule has 3 N–H and O–H groups in total. The van der Waals surface area contributed by atoms with E-state index in [1.54, 1.807) is 6.92 Å². The number of nitrogens with zero attached hydrogens (tertiary/aromatic N) is 1. The normalized spacial score (nSPS) is 14.6. The molecular weight excluding hydrogens is 308 g/mol. The van der Waals surface area contributed by atoms with Crippen LogP contribution in [0.3, 0.4) is 0 Å². The first kappa shape index (κ1) is 16.2. The van der Waals surface area contributed by atoms with Crippen LogP contribution in [0.15, 0.2) is 36.4 Å². The van der Waals surface area contributed by atoms with Gasteiger partial charge in [0.2, 0.25) is 0 Å². The number of aliphatic hydroxyl groups excluding tert-OH is 2. The molecule has 0 saturated carbocycles. The predicted molar refractivity (Wildman–Crippen MR) is 89.7 cm³/mol. The van der Waals surface area contributed by atoms with E-state index in [1.807, 2.05) is 36.4 Å². The molecule has 0 spiro atoms. The lowest BCUT2D eigenvalue weighted by Gasteiger charge is -2.08. The third-order valence-electron chi connectivity index (χ3n) is 4.04. The van der Waals surface area contributed by atoms with Crippen LogP contribution < -0.4 is 0 Å². The lowest BCUT2D eigenvalue weighted by Crippen LogP contribution is -2.06. The van der Waals surface area contributed by atoms with E-state index in [9.17, 15) is 9.90 Å². The van der Waals surface area contributed by atoms with Crippen LogP contribution >= 0.6 is 0 Å². The molecule has 0 radical (unpaired) electrons. The average Bonchev–Trinajstić information content (AvgIpc) is 3.17. The van der Waals surface area contributed by atoms with Crippen molar-refractivity contribution in [2.45, 2.75) is 13.0 Å². The summed E-state index contributed by atoms with van der Waals surface area (Å²) in [6, 6.07) is 11.8. The lowest BCUT2D eigenvalue weighted by atomic mass is 9.97. The number of fused-ring (bicyclic) bond motifs is 5. The maximum Gasteiger partial charge on any atom is 0.359 e. The molecule has 1 heterocycles. The first-order valence-electron chi connectivity index (χ1n) is 7.62. The van der Waals surface area contributed by atoms with Crippen molar-refractivity contribution in [2.75, 3.05) is 13.7 Å². The van der Waals surface area contributed by atoms with E-state index in [0.29, 0.717) is 11.3 Å². The maximum absolute atomic E-state index is 12.1. The monoisotopic (exact) mass is 326 g/mol. The molecule has 0 aliphatic heterocycles. The zero-order chi connectivity index (χ0) is 17.3. The molecule has 24 heavy (non-hydrogen) atoms. The molecule has 1 aromatic heterocycles. The Balaban J connectivity index is 0.000000815. The Morgan fingerprint density at radius 3 is 2.71 bits per heavy atom. The molecule has 6 heteroatoms. The van der Waals surface area contributed by atoms with E-state index >= 15 is 0 Å². The number of carbonyl (C=O) groups excluding carboxylic acids is 1. The highest BCUT2D eigenvalue weighted by Gasteiger charge is 2.35. The summed E-state index contributed by atoms with van der Waals surface area (Å²) in [5.41, 5.74) is 3.07. The molecule has 6 nitrogen and oxygen atoms in total. The maximum atomic E-state index is 12.1. The third kappa shape index (κ3) is 2.28. The van der Waals surface area contributed by atoms with Crippen LogP contribution in [0.2, 0.25) is 0 Å². The number of rotatable bonds is 2. The minimum Gasteiger partial charge on any atom is -0.461 e.